The highest BCUT2D eigenvalue weighted by Crippen LogP contribution is 2.33. The number of benzene rings is 3. The molecule has 4 heteroatoms. The van der Waals surface area contributed by atoms with E-state index in [4.69, 9.17) is 4.74 Å². The topological polar surface area (TPSA) is 58.6 Å². The van der Waals surface area contributed by atoms with Gasteiger partial charge in [-0.05, 0) is 47.4 Å². The summed E-state index contributed by atoms with van der Waals surface area (Å²) in [6.07, 6.45) is 2.61. The molecule has 0 heterocycles. The lowest BCUT2D eigenvalue weighted by molar-refractivity contribution is 0.159. The van der Waals surface area contributed by atoms with Gasteiger partial charge in [-0.2, -0.15) is 0 Å². The standard InChI is InChI=1S/C25H27NO3/c1-2-3-7-18-29-25(28)26-22-14-10-20(11-15-22)24(19-8-5-4-6-9-19)21-12-16-23(27)17-13-21/h4-6,8-17,24,27H,2-3,7,18H2,1H3,(H,26,28). The number of carbonyl (C=O) groups is 1. The number of rotatable bonds is 8. The molecule has 0 aliphatic rings. The molecule has 0 aliphatic heterocycles. The molecule has 1 amide bonds. The summed E-state index contributed by atoms with van der Waals surface area (Å²) < 4.78 is 5.20. The molecule has 3 aromatic carbocycles. The molecule has 0 saturated heterocycles. The third-order valence-electron chi connectivity index (χ3n) is 4.83. The van der Waals surface area contributed by atoms with E-state index in [9.17, 15) is 9.90 Å². The van der Waals surface area contributed by atoms with Gasteiger partial charge < -0.3 is 9.84 Å². The minimum atomic E-state index is -0.424. The number of unbranched alkanes of at least 4 members (excludes halogenated alkanes) is 2. The number of anilines is 1. The van der Waals surface area contributed by atoms with Gasteiger partial charge in [-0.3, -0.25) is 5.32 Å². The van der Waals surface area contributed by atoms with Gasteiger partial charge in [0.25, 0.3) is 0 Å². The Morgan fingerprint density at radius 3 is 2.07 bits per heavy atom. The number of hydrogen-bond donors (Lipinski definition) is 2. The Balaban J connectivity index is 1.75. The van der Waals surface area contributed by atoms with Crippen LogP contribution in [-0.4, -0.2) is 17.8 Å². The molecule has 0 spiro atoms. The number of phenolic OH excluding ortho intramolecular Hbond substituents is 1. The van der Waals surface area contributed by atoms with Crippen LogP contribution in [0, 0.1) is 0 Å². The molecule has 0 bridgehead atoms. The minimum absolute atomic E-state index is 0.0341. The van der Waals surface area contributed by atoms with Crippen LogP contribution < -0.4 is 5.32 Å². The summed E-state index contributed by atoms with van der Waals surface area (Å²) in [5.74, 6) is 0.282. The molecule has 3 rings (SSSR count). The first-order valence-electron chi connectivity index (χ1n) is 10.0. The predicted octanol–water partition coefficient (Wildman–Crippen LogP) is 6.31. The van der Waals surface area contributed by atoms with E-state index in [1.807, 2.05) is 54.6 Å². The van der Waals surface area contributed by atoms with Gasteiger partial charge >= 0.3 is 6.09 Å². The normalized spacial score (nSPS) is 11.6. The van der Waals surface area contributed by atoms with Crippen molar-refractivity contribution in [1.82, 2.24) is 0 Å². The van der Waals surface area contributed by atoms with E-state index in [1.54, 1.807) is 12.1 Å². The number of hydrogen-bond acceptors (Lipinski definition) is 3. The maximum Gasteiger partial charge on any atom is 0.411 e. The van der Waals surface area contributed by atoms with Gasteiger partial charge in [0.05, 0.1) is 6.61 Å². The first-order chi connectivity index (χ1) is 14.2. The predicted molar refractivity (Wildman–Crippen MR) is 116 cm³/mol. The van der Waals surface area contributed by atoms with Crippen LogP contribution in [0.1, 0.15) is 48.8 Å². The highest BCUT2D eigenvalue weighted by molar-refractivity contribution is 5.84. The number of phenols is 1. The molecular formula is C25H27NO3. The van der Waals surface area contributed by atoms with Gasteiger partial charge in [0.15, 0.2) is 0 Å². The van der Waals surface area contributed by atoms with Crippen LogP contribution in [0.4, 0.5) is 10.5 Å². The third kappa shape index (κ3) is 5.85. The maximum absolute atomic E-state index is 11.9. The fraction of sp³-hybridized carbons (Fsp3) is 0.240. The van der Waals surface area contributed by atoms with Crippen LogP contribution >= 0.6 is 0 Å². The van der Waals surface area contributed by atoms with Crippen molar-refractivity contribution in [2.24, 2.45) is 0 Å². The first-order valence-corrected chi connectivity index (χ1v) is 10.0. The van der Waals surface area contributed by atoms with Crippen molar-refractivity contribution >= 4 is 11.8 Å². The van der Waals surface area contributed by atoms with Crippen molar-refractivity contribution in [2.45, 2.75) is 32.1 Å². The smallest absolute Gasteiger partial charge is 0.411 e. The largest absolute Gasteiger partial charge is 0.508 e. The van der Waals surface area contributed by atoms with Crippen molar-refractivity contribution in [3.05, 3.63) is 95.6 Å². The van der Waals surface area contributed by atoms with E-state index in [2.05, 4.69) is 24.4 Å². The molecule has 4 nitrogen and oxygen atoms in total. The highest BCUT2D eigenvalue weighted by Gasteiger charge is 2.17. The van der Waals surface area contributed by atoms with Crippen molar-refractivity contribution in [1.29, 1.82) is 0 Å². The minimum Gasteiger partial charge on any atom is -0.508 e. The number of amides is 1. The fourth-order valence-corrected chi connectivity index (χ4v) is 3.32. The summed E-state index contributed by atoms with van der Waals surface area (Å²) in [5, 5.41) is 12.4. The number of nitrogens with one attached hydrogen (secondary N) is 1. The van der Waals surface area contributed by atoms with E-state index in [-0.39, 0.29) is 11.7 Å². The Labute approximate surface area is 172 Å². The lowest BCUT2D eigenvalue weighted by atomic mass is 9.85. The maximum atomic E-state index is 11.9. The van der Waals surface area contributed by atoms with E-state index >= 15 is 0 Å². The Morgan fingerprint density at radius 1 is 0.862 bits per heavy atom. The zero-order valence-electron chi connectivity index (χ0n) is 16.7. The van der Waals surface area contributed by atoms with Crippen molar-refractivity contribution < 1.29 is 14.6 Å². The van der Waals surface area contributed by atoms with Gasteiger partial charge in [-0.15, -0.1) is 0 Å². The van der Waals surface area contributed by atoms with Gasteiger partial charge in [0, 0.05) is 11.6 Å². The lowest BCUT2D eigenvalue weighted by Gasteiger charge is -2.19. The molecule has 2 N–H and O–H groups in total. The van der Waals surface area contributed by atoms with Crippen LogP contribution in [0.5, 0.6) is 5.75 Å². The molecule has 0 radical (unpaired) electrons. The Hall–Kier alpha value is -3.27. The number of carbonyl (C=O) groups excluding carboxylic acids is 1. The SMILES string of the molecule is CCCCCOC(=O)Nc1ccc(C(c2ccccc2)c2ccc(O)cc2)cc1. The first kappa shape index (κ1) is 20.5. The third-order valence-corrected chi connectivity index (χ3v) is 4.83. The zero-order valence-corrected chi connectivity index (χ0v) is 16.7. The molecule has 0 saturated carbocycles. The summed E-state index contributed by atoms with van der Waals surface area (Å²) in [6, 6.07) is 25.3. The van der Waals surface area contributed by atoms with E-state index in [0.717, 1.165) is 36.0 Å². The second kappa shape index (κ2) is 10.3. The molecule has 150 valence electrons. The Morgan fingerprint density at radius 2 is 1.45 bits per heavy atom. The molecule has 0 fully saturated rings. The van der Waals surface area contributed by atoms with Crippen molar-refractivity contribution in [2.75, 3.05) is 11.9 Å². The fourth-order valence-electron chi connectivity index (χ4n) is 3.32. The van der Waals surface area contributed by atoms with Crippen LogP contribution in [0.2, 0.25) is 0 Å². The van der Waals surface area contributed by atoms with E-state index < -0.39 is 6.09 Å². The molecule has 1 atom stereocenters. The zero-order chi connectivity index (χ0) is 20.5. The summed E-state index contributed by atoms with van der Waals surface area (Å²) >= 11 is 0. The van der Waals surface area contributed by atoms with Crippen molar-refractivity contribution in [3.8, 4) is 5.75 Å². The van der Waals surface area contributed by atoms with Gasteiger partial charge in [0.2, 0.25) is 0 Å². The molecule has 1 unspecified atom stereocenters. The monoisotopic (exact) mass is 389 g/mol. The van der Waals surface area contributed by atoms with Crippen LogP contribution in [0.3, 0.4) is 0 Å². The van der Waals surface area contributed by atoms with E-state index in [0.29, 0.717) is 12.3 Å². The van der Waals surface area contributed by atoms with Gasteiger partial charge in [-0.1, -0.05) is 74.4 Å². The number of ether oxygens (including phenoxy) is 1. The number of aromatic hydroxyl groups is 1. The Kier molecular flexibility index (Phi) is 7.28. The summed E-state index contributed by atoms with van der Waals surface area (Å²) in [4.78, 5) is 11.9. The van der Waals surface area contributed by atoms with Gasteiger partial charge in [-0.25, -0.2) is 4.79 Å². The molecular weight excluding hydrogens is 362 g/mol. The Bertz CT molecular complexity index is 890. The molecule has 29 heavy (non-hydrogen) atoms. The summed E-state index contributed by atoms with van der Waals surface area (Å²) in [7, 11) is 0. The second-order valence-electron chi connectivity index (χ2n) is 7.03. The average molecular weight is 389 g/mol. The second-order valence-corrected chi connectivity index (χ2v) is 7.03. The van der Waals surface area contributed by atoms with E-state index in [1.165, 1.54) is 0 Å². The quantitative estimate of drug-likeness (QED) is 0.350. The molecule has 0 aromatic heterocycles. The van der Waals surface area contributed by atoms with Gasteiger partial charge in [0.1, 0.15) is 5.75 Å². The summed E-state index contributed by atoms with van der Waals surface area (Å²) in [5.41, 5.74) is 4.05. The lowest BCUT2D eigenvalue weighted by Crippen LogP contribution is -2.14. The van der Waals surface area contributed by atoms with Crippen LogP contribution in [0.25, 0.3) is 0 Å². The molecule has 0 aliphatic carbocycles. The summed E-state index contributed by atoms with van der Waals surface area (Å²) in [6.45, 7) is 2.55. The van der Waals surface area contributed by atoms with Crippen molar-refractivity contribution in [3.63, 3.8) is 0 Å². The van der Waals surface area contributed by atoms with Crippen LogP contribution in [0.15, 0.2) is 78.9 Å². The van der Waals surface area contributed by atoms with Crippen LogP contribution in [-0.2, 0) is 4.74 Å². The molecule has 3 aromatic rings. The average Bonchev–Trinajstić information content (AvgIpc) is 2.75. The highest BCUT2D eigenvalue weighted by atomic mass is 16.5.